The van der Waals surface area contributed by atoms with Gasteiger partial charge in [0, 0.05) is 26.1 Å². The summed E-state index contributed by atoms with van der Waals surface area (Å²) in [6.45, 7) is 8.14. The molecule has 0 spiro atoms. The molecule has 2 aromatic rings. The maximum absolute atomic E-state index is 14.1. The molecule has 0 radical (unpaired) electrons. The topological polar surface area (TPSA) is 151 Å². The van der Waals surface area contributed by atoms with Gasteiger partial charge in [0.2, 0.25) is 5.91 Å². The molecular weight excluding hydrogens is 546 g/mol. The molecule has 10 heteroatoms. The summed E-state index contributed by atoms with van der Waals surface area (Å²) < 4.78 is 5.25. The Morgan fingerprint density at radius 3 is 2.47 bits per heavy atom. The van der Waals surface area contributed by atoms with Crippen molar-refractivity contribution in [1.29, 1.82) is 0 Å². The quantitative estimate of drug-likeness (QED) is 0.214. The van der Waals surface area contributed by atoms with E-state index in [2.05, 4.69) is 35.7 Å². The van der Waals surface area contributed by atoms with Gasteiger partial charge in [-0.3, -0.25) is 9.59 Å². The molecule has 43 heavy (non-hydrogen) atoms. The third kappa shape index (κ3) is 10.5. The first kappa shape index (κ1) is 33.8. The highest BCUT2D eigenvalue weighted by molar-refractivity contribution is 5.90. The molecule has 5 atom stereocenters. The molecule has 3 amide bonds. The van der Waals surface area contributed by atoms with Crippen molar-refractivity contribution in [1.82, 2.24) is 20.2 Å². The van der Waals surface area contributed by atoms with Gasteiger partial charge in [0.15, 0.2) is 6.10 Å². The van der Waals surface area contributed by atoms with E-state index in [9.17, 15) is 19.5 Å². The third-order valence-electron chi connectivity index (χ3n) is 8.65. The number of aliphatic hydroxyl groups excluding tert-OH is 1. The first-order valence-electron chi connectivity index (χ1n) is 15.4. The number of H-pyrrole nitrogens is 1. The van der Waals surface area contributed by atoms with Gasteiger partial charge in [-0.25, -0.2) is 9.78 Å². The maximum Gasteiger partial charge on any atom is 0.405 e. The predicted octanol–water partition coefficient (Wildman–Crippen LogP) is 4.15. The average Bonchev–Trinajstić information content (AvgIpc) is 3.51. The lowest BCUT2D eigenvalue weighted by Gasteiger charge is -2.35. The number of likely N-dealkylation sites (N-methyl/N-ethyl adjacent to an activating group) is 1. The first-order chi connectivity index (χ1) is 20.6. The highest BCUT2D eigenvalue weighted by Gasteiger charge is 2.36. The van der Waals surface area contributed by atoms with Crippen LogP contribution in [0.3, 0.4) is 0 Å². The standard InChI is InChI=1S/C33H49N5O5/c1-5-25(22(2)3)18-29(39)27(16-23-12-8-6-9-13-23)37-31(40)28(19-26-20-35-21-36-26)38(4)32(41)30(43-33(34)42)17-24-14-10-7-11-15-24/h5,7,10-11,14-15,20-23,25,27-30,39H,1,6,8-9,12-13,16-19H2,2-4H3,(H2,34,42)(H,35,36)(H,37,40)/t25-,27-,28-,29+,30-/m0/s1. The van der Waals surface area contributed by atoms with Crippen molar-refractivity contribution in [3.63, 3.8) is 0 Å². The number of aliphatic hydroxyl groups is 1. The molecule has 236 valence electrons. The molecule has 1 aromatic heterocycles. The number of hydrogen-bond donors (Lipinski definition) is 4. The summed E-state index contributed by atoms with van der Waals surface area (Å²) >= 11 is 0. The average molecular weight is 596 g/mol. The van der Waals surface area contributed by atoms with Crippen molar-refractivity contribution >= 4 is 17.9 Å². The van der Waals surface area contributed by atoms with Gasteiger partial charge < -0.3 is 30.8 Å². The van der Waals surface area contributed by atoms with Crippen LogP contribution in [0.15, 0.2) is 55.5 Å². The van der Waals surface area contributed by atoms with Gasteiger partial charge in [-0.2, -0.15) is 0 Å². The zero-order valence-electron chi connectivity index (χ0n) is 25.8. The Morgan fingerprint density at radius 1 is 1.19 bits per heavy atom. The number of rotatable bonds is 16. The van der Waals surface area contributed by atoms with Crippen molar-refractivity contribution in [2.45, 2.75) is 95.9 Å². The number of nitrogens with one attached hydrogen (secondary N) is 2. The Bertz CT molecular complexity index is 1150. The molecule has 1 aromatic carbocycles. The van der Waals surface area contributed by atoms with E-state index in [1.54, 1.807) is 6.20 Å². The number of carbonyl (C=O) groups is 3. The lowest BCUT2D eigenvalue weighted by atomic mass is 9.81. The van der Waals surface area contributed by atoms with Crippen LogP contribution in [0.5, 0.6) is 0 Å². The van der Waals surface area contributed by atoms with E-state index in [1.807, 2.05) is 36.4 Å². The van der Waals surface area contributed by atoms with Crippen LogP contribution in [0.1, 0.15) is 70.1 Å². The fourth-order valence-electron chi connectivity index (χ4n) is 5.99. The molecule has 1 heterocycles. The van der Waals surface area contributed by atoms with E-state index >= 15 is 0 Å². The zero-order valence-corrected chi connectivity index (χ0v) is 25.8. The van der Waals surface area contributed by atoms with E-state index in [0.717, 1.165) is 31.2 Å². The SMILES string of the molecule is C=C[C@@H](C[C@@H](O)[C@H](CC1CCCCC1)NC(=O)[C@H](Cc1c[nH]cn1)N(C)C(=O)[C@H](Cc1ccccc1)OC(N)=O)C(C)C. The summed E-state index contributed by atoms with van der Waals surface area (Å²) in [7, 11) is 1.51. The second-order valence-electron chi connectivity index (χ2n) is 12.1. The van der Waals surface area contributed by atoms with Crippen molar-refractivity contribution in [3.05, 3.63) is 66.8 Å². The van der Waals surface area contributed by atoms with E-state index in [1.165, 1.54) is 24.7 Å². The van der Waals surface area contributed by atoms with Crippen molar-refractivity contribution < 1.29 is 24.2 Å². The number of amides is 3. The molecule has 1 aliphatic carbocycles. The molecular formula is C33H49N5O5. The number of benzene rings is 1. The minimum absolute atomic E-state index is 0.0922. The molecule has 0 bridgehead atoms. The number of hydrogen-bond acceptors (Lipinski definition) is 6. The minimum atomic E-state index is -1.22. The lowest BCUT2D eigenvalue weighted by molar-refractivity contribution is -0.146. The number of aromatic nitrogens is 2. The van der Waals surface area contributed by atoms with E-state index in [0.29, 0.717) is 30.4 Å². The fourth-order valence-corrected chi connectivity index (χ4v) is 5.99. The third-order valence-corrected chi connectivity index (χ3v) is 8.65. The van der Waals surface area contributed by atoms with Gasteiger partial charge in [-0.15, -0.1) is 6.58 Å². The normalized spacial score (nSPS) is 17.3. The van der Waals surface area contributed by atoms with Crippen LogP contribution in [0.25, 0.3) is 0 Å². The van der Waals surface area contributed by atoms with Crippen LogP contribution >= 0.6 is 0 Å². The van der Waals surface area contributed by atoms with Crippen LogP contribution in [0.2, 0.25) is 0 Å². The maximum atomic E-state index is 14.1. The van der Waals surface area contributed by atoms with Crippen molar-refractivity contribution in [2.24, 2.45) is 23.5 Å². The molecule has 10 nitrogen and oxygen atoms in total. The van der Waals surface area contributed by atoms with Gasteiger partial charge in [0.05, 0.1) is 24.2 Å². The fraction of sp³-hybridized carbons (Fsp3) is 0.576. The molecule has 3 rings (SSSR count). The summed E-state index contributed by atoms with van der Waals surface area (Å²) in [4.78, 5) is 48.1. The van der Waals surface area contributed by atoms with E-state index in [-0.39, 0.29) is 18.8 Å². The van der Waals surface area contributed by atoms with Crippen LogP contribution in [0, 0.1) is 17.8 Å². The Hall–Kier alpha value is -3.66. The number of carbonyl (C=O) groups excluding carboxylic acids is 3. The molecule has 0 aliphatic heterocycles. The monoisotopic (exact) mass is 595 g/mol. The number of allylic oxidation sites excluding steroid dienone is 1. The number of aromatic amines is 1. The van der Waals surface area contributed by atoms with Gasteiger partial charge in [-0.1, -0.05) is 82.4 Å². The second-order valence-corrected chi connectivity index (χ2v) is 12.1. The molecule has 1 aliphatic rings. The first-order valence-corrected chi connectivity index (χ1v) is 15.4. The Balaban J connectivity index is 1.86. The number of ether oxygens (including phenoxy) is 1. The van der Waals surface area contributed by atoms with E-state index < -0.39 is 42.2 Å². The van der Waals surface area contributed by atoms with Crippen molar-refractivity contribution in [3.8, 4) is 0 Å². The van der Waals surface area contributed by atoms with Crippen molar-refractivity contribution in [2.75, 3.05) is 7.05 Å². The lowest BCUT2D eigenvalue weighted by Crippen LogP contribution is -2.56. The Kier molecular flexibility index (Phi) is 13.3. The number of imidazole rings is 1. The minimum Gasteiger partial charge on any atom is -0.436 e. The summed E-state index contributed by atoms with van der Waals surface area (Å²) in [5, 5.41) is 14.6. The second kappa shape index (κ2) is 16.8. The Morgan fingerprint density at radius 2 is 1.88 bits per heavy atom. The number of nitrogens with zero attached hydrogens (tertiary/aromatic N) is 2. The van der Waals surface area contributed by atoms with Gasteiger partial charge in [0.25, 0.3) is 5.91 Å². The molecule has 1 fully saturated rings. The van der Waals surface area contributed by atoms with Gasteiger partial charge in [-0.05, 0) is 36.2 Å². The smallest absolute Gasteiger partial charge is 0.405 e. The van der Waals surface area contributed by atoms with E-state index in [4.69, 9.17) is 10.5 Å². The highest BCUT2D eigenvalue weighted by atomic mass is 16.6. The largest absolute Gasteiger partial charge is 0.436 e. The summed E-state index contributed by atoms with van der Waals surface area (Å²) in [6, 6.07) is 7.67. The summed E-state index contributed by atoms with van der Waals surface area (Å²) in [5.74, 6) is -0.181. The zero-order chi connectivity index (χ0) is 31.4. The van der Waals surface area contributed by atoms with Gasteiger partial charge >= 0.3 is 6.09 Å². The molecule has 5 N–H and O–H groups in total. The van der Waals surface area contributed by atoms with Crippen LogP contribution < -0.4 is 11.1 Å². The predicted molar refractivity (Wildman–Crippen MR) is 166 cm³/mol. The van der Waals surface area contributed by atoms with Crippen LogP contribution in [-0.2, 0) is 27.2 Å². The Labute approximate surface area is 255 Å². The number of primary amides is 1. The summed E-state index contributed by atoms with van der Waals surface area (Å²) in [6.07, 6.45) is 8.95. The van der Waals surface area contributed by atoms with Crippen LogP contribution in [0.4, 0.5) is 4.79 Å². The molecule has 0 unspecified atom stereocenters. The highest BCUT2D eigenvalue weighted by Crippen LogP contribution is 2.30. The number of nitrogens with two attached hydrogens (primary N) is 1. The van der Waals surface area contributed by atoms with Gasteiger partial charge in [0.1, 0.15) is 6.04 Å². The molecule has 1 saturated carbocycles. The molecule has 0 saturated heterocycles. The van der Waals surface area contributed by atoms with Crippen LogP contribution in [-0.4, -0.2) is 69.2 Å². The summed E-state index contributed by atoms with van der Waals surface area (Å²) in [5.41, 5.74) is 6.70.